The molecular weight excluding hydrogens is 395 g/mol. The lowest BCUT2D eigenvalue weighted by Gasteiger charge is -2.25. The van der Waals surface area contributed by atoms with Gasteiger partial charge in [0.2, 0.25) is 0 Å². The molecule has 3 N–H and O–H groups in total. The molecule has 0 radical (unpaired) electrons. The molecule has 0 aliphatic carbocycles. The fourth-order valence-electron chi connectivity index (χ4n) is 3.59. The Morgan fingerprint density at radius 3 is 2.19 bits per heavy atom. The van der Waals surface area contributed by atoms with Gasteiger partial charge >= 0.3 is 0 Å². The van der Waals surface area contributed by atoms with E-state index < -0.39 is 16.6 Å². The zero-order valence-electron chi connectivity index (χ0n) is 16.8. The Hall–Kier alpha value is -3.77. The van der Waals surface area contributed by atoms with E-state index in [0.29, 0.717) is 5.69 Å². The molecule has 6 heteroatoms. The summed E-state index contributed by atoms with van der Waals surface area (Å²) in [5, 5.41) is 16.0. The van der Waals surface area contributed by atoms with Crippen LogP contribution in [0.2, 0.25) is 0 Å². The fraction of sp³-hybridized carbons (Fsp3) is 0.120. The highest BCUT2D eigenvalue weighted by Gasteiger charge is 2.21. The molecule has 0 heterocycles. The maximum atomic E-state index is 13.7. The quantitative estimate of drug-likeness (QED) is 0.391. The molecule has 0 spiro atoms. The first-order chi connectivity index (χ1) is 14.9. The second-order valence-electron chi connectivity index (χ2n) is 7.42. The molecule has 5 nitrogen and oxygen atoms in total. The highest BCUT2D eigenvalue weighted by molar-refractivity contribution is 5.69. The summed E-state index contributed by atoms with van der Waals surface area (Å²) in [6.45, 7) is 1.97. The van der Waals surface area contributed by atoms with E-state index in [-0.39, 0.29) is 23.6 Å². The molecule has 156 valence electrons. The van der Waals surface area contributed by atoms with Crippen molar-refractivity contribution >= 4 is 11.4 Å². The van der Waals surface area contributed by atoms with Crippen molar-refractivity contribution in [3.8, 4) is 5.75 Å². The molecule has 0 bridgehead atoms. The average molecular weight is 416 g/mol. The predicted octanol–water partition coefficient (Wildman–Crippen LogP) is 4.31. The molecule has 0 fully saturated rings. The summed E-state index contributed by atoms with van der Waals surface area (Å²) in [4.78, 5) is 22.9. The third-order valence-corrected chi connectivity index (χ3v) is 5.27. The molecule has 0 saturated heterocycles. The fourth-order valence-corrected chi connectivity index (χ4v) is 3.59. The van der Waals surface area contributed by atoms with Crippen LogP contribution in [-0.4, -0.2) is 5.11 Å². The van der Waals surface area contributed by atoms with Crippen LogP contribution in [-0.2, 0) is 0 Å². The van der Waals surface area contributed by atoms with E-state index in [0.717, 1.165) is 16.7 Å². The molecule has 0 amide bonds. The van der Waals surface area contributed by atoms with E-state index in [2.05, 4.69) is 10.6 Å². The number of rotatable bonds is 7. The van der Waals surface area contributed by atoms with Gasteiger partial charge in [0.05, 0.1) is 6.04 Å². The van der Waals surface area contributed by atoms with Gasteiger partial charge in [-0.05, 0) is 47.9 Å². The molecule has 31 heavy (non-hydrogen) atoms. The van der Waals surface area contributed by atoms with Crippen LogP contribution in [0.4, 0.5) is 15.8 Å². The maximum Gasteiger partial charge on any atom is 0.271 e. The van der Waals surface area contributed by atoms with Crippen LogP contribution >= 0.6 is 0 Å². The van der Waals surface area contributed by atoms with Gasteiger partial charge in [0, 0.05) is 11.7 Å². The second-order valence-corrected chi connectivity index (χ2v) is 7.42. The zero-order valence-corrected chi connectivity index (χ0v) is 16.8. The zero-order chi connectivity index (χ0) is 22.0. The van der Waals surface area contributed by atoms with Crippen LogP contribution in [0.1, 0.15) is 35.7 Å². The Labute approximate surface area is 178 Å². The van der Waals surface area contributed by atoms with Gasteiger partial charge in [0.25, 0.3) is 10.9 Å². The van der Waals surface area contributed by atoms with Crippen molar-refractivity contribution in [3.63, 3.8) is 0 Å². The topological polar surface area (TPSA) is 78.4 Å². The van der Waals surface area contributed by atoms with E-state index >= 15 is 0 Å². The number of nitrogens with one attached hydrogen (secondary N) is 2. The highest BCUT2D eigenvalue weighted by atomic mass is 19.1. The normalized spacial score (nSPS) is 13.1. The monoisotopic (exact) mass is 416 g/mol. The minimum Gasteiger partial charge on any atom is -0.502 e. The summed E-state index contributed by atoms with van der Waals surface area (Å²) < 4.78 is 13.7. The maximum absolute atomic E-state index is 13.7. The Bertz CT molecular complexity index is 1280. The van der Waals surface area contributed by atoms with Crippen LogP contribution in [0, 0.1) is 5.82 Å². The molecule has 0 aromatic heterocycles. The van der Waals surface area contributed by atoms with Crippen LogP contribution in [0.5, 0.6) is 5.75 Å². The van der Waals surface area contributed by atoms with Crippen molar-refractivity contribution in [2.75, 3.05) is 5.32 Å². The predicted molar refractivity (Wildman–Crippen MR) is 119 cm³/mol. The van der Waals surface area contributed by atoms with E-state index in [1.165, 1.54) is 12.1 Å². The van der Waals surface area contributed by atoms with Gasteiger partial charge in [-0.3, -0.25) is 14.9 Å². The lowest BCUT2D eigenvalue weighted by atomic mass is 9.96. The smallest absolute Gasteiger partial charge is 0.271 e. The van der Waals surface area contributed by atoms with Crippen molar-refractivity contribution in [2.24, 2.45) is 0 Å². The van der Waals surface area contributed by atoms with Crippen molar-refractivity contribution in [1.82, 2.24) is 5.32 Å². The molecular formula is C25H21FN2O3. The third kappa shape index (κ3) is 4.25. The third-order valence-electron chi connectivity index (χ3n) is 5.27. The Kier molecular flexibility index (Phi) is 5.64. The summed E-state index contributed by atoms with van der Waals surface area (Å²) in [5.41, 5.74) is 1.59. The highest BCUT2D eigenvalue weighted by Crippen LogP contribution is 2.29. The van der Waals surface area contributed by atoms with Crippen molar-refractivity contribution < 1.29 is 9.50 Å². The van der Waals surface area contributed by atoms with Crippen LogP contribution in [0.25, 0.3) is 0 Å². The van der Waals surface area contributed by atoms with Gasteiger partial charge in [-0.25, -0.2) is 4.39 Å². The number of halogens is 1. The average Bonchev–Trinajstić information content (AvgIpc) is 2.81. The van der Waals surface area contributed by atoms with Crippen LogP contribution < -0.4 is 21.5 Å². The largest absolute Gasteiger partial charge is 0.502 e. The summed E-state index contributed by atoms with van der Waals surface area (Å²) in [5.74, 6) is -0.839. The molecule has 0 aliphatic heterocycles. The number of anilines is 2. The molecule has 4 aromatic carbocycles. The molecule has 4 aromatic rings. The minimum atomic E-state index is -0.883. The van der Waals surface area contributed by atoms with Gasteiger partial charge in [0.15, 0.2) is 5.75 Å². The summed E-state index contributed by atoms with van der Waals surface area (Å²) in [7, 11) is 0. The van der Waals surface area contributed by atoms with Gasteiger partial charge in [-0.1, -0.05) is 54.6 Å². The van der Waals surface area contributed by atoms with Gasteiger partial charge < -0.3 is 10.4 Å². The number of benzene rings is 3. The van der Waals surface area contributed by atoms with Crippen molar-refractivity contribution in [3.05, 3.63) is 122 Å². The summed E-state index contributed by atoms with van der Waals surface area (Å²) in [6, 6.07) is 23.3. The number of hydrogen-bond donors (Lipinski definition) is 3. The van der Waals surface area contributed by atoms with Crippen molar-refractivity contribution in [1.29, 1.82) is 0 Å². The van der Waals surface area contributed by atoms with Crippen LogP contribution in [0.15, 0.2) is 88.5 Å². The molecule has 0 aliphatic rings. The number of aromatic hydroxyl groups is 1. The minimum absolute atomic E-state index is 0.0977. The lowest BCUT2D eigenvalue weighted by Crippen LogP contribution is -2.32. The first kappa shape index (κ1) is 20.5. The standard InChI is InChI=1S/C25H21FN2O3/c1-15(17-9-5-11-19(26)13-17)27-21(16-7-3-2-4-8-16)18-10-6-12-20(14-18)28-22-23(29)25(31)24(22)30/h2-15,21,27-29H,1H3. The summed E-state index contributed by atoms with van der Waals surface area (Å²) in [6.07, 6.45) is 0. The van der Waals surface area contributed by atoms with E-state index in [1.54, 1.807) is 12.1 Å². The SMILES string of the molecule is CC(NC(c1ccccc1)c1cccc(Nc2c(O)c(=O)c2=O)c1)c1cccc(F)c1. The Morgan fingerprint density at radius 1 is 0.806 bits per heavy atom. The van der Waals surface area contributed by atoms with E-state index in [9.17, 15) is 19.1 Å². The van der Waals surface area contributed by atoms with Gasteiger partial charge in [-0.2, -0.15) is 0 Å². The summed E-state index contributed by atoms with van der Waals surface area (Å²) >= 11 is 0. The van der Waals surface area contributed by atoms with Crippen molar-refractivity contribution in [2.45, 2.75) is 19.0 Å². The lowest BCUT2D eigenvalue weighted by molar-refractivity contribution is 0.466. The second kappa shape index (κ2) is 8.53. The molecule has 4 rings (SSSR count). The number of hydrogen-bond acceptors (Lipinski definition) is 5. The van der Waals surface area contributed by atoms with Gasteiger partial charge in [0.1, 0.15) is 11.5 Å². The van der Waals surface area contributed by atoms with Crippen LogP contribution in [0.3, 0.4) is 0 Å². The Morgan fingerprint density at radius 2 is 1.48 bits per heavy atom. The molecule has 2 unspecified atom stereocenters. The van der Waals surface area contributed by atoms with E-state index in [4.69, 9.17) is 0 Å². The molecule has 0 saturated carbocycles. The first-order valence-corrected chi connectivity index (χ1v) is 9.89. The first-order valence-electron chi connectivity index (χ1n) is 9.89. The molecule has 2 atom stereocenters. The van der Waals surface area contributed by atoms with Gasteiger partial charge in [-0.15, -0.1) is 0 Å². The van der Waals surface area contributed by atoms with E-state index in [1.807, 2.05) is 61.5 Å². The Balaban J connectivity index is 1.66.